The highest BCUT2D eigenvalue weighted by Crippen LogP contribution is 2.03. The summed E-state index contributed by atoms with van der Waals surface area (Å²) in [5.74, 6) is 0.159. The van der Waals surface area contributed by atoms with E-state index in [1.165, 1.54) is 6.20 Å². The zero-order valence-corrected chi connectivity index (χ0v) is 7.16. The van der Waals surface area contributed by atoms with Crippen molar-refractivity contribution in [1.82, 2.24) is 10.2 Å². The number of aromatic nitrogens is 2. The maximum atomic E-state index is 11.3. The normalized spacial score (nSPS) is 9.75. The lowest BCUT2D eigenvalue weighted by Crippen LogP contribution is -1.99. The average molecular weight is 164 g/mol. The fraction of sp³-hybridized carbons (Fsp3) is 0.444. The van der Waals surface area contributed by atoms with Crippen LogP contribution in [0.3, 0.4) is 0 Å². The Balaban J connectivity index is 2.54. The molecular formula is C9H12N2O. The third kappa shape index (κ3) is 2.42. The molecule has 0 aliphatic rings. The van der Waals surface area contributed by atoms with Crippen LogP contribution in [-0.2, 0) is 0 Å². The third-order valence-corrected chi connectivity index (χ3v) is 1.66. The van der Waals surface area contributed by atoms with Crippen LogP contribution in [0.2, 0.25) is 0 Å². The Bertz CT molecular complexity index is 246. The van der Waals surface area contributed by atoms with E-state index in [4.69, 9.17) is 0 Å². The molecule has 0 atom stereocenters. The first kappa shape index (κ1) is 8.84. The van der Waals surface area contributed by atoms with Gasteiger partial charge in [-0.3, -0.25) is 4.79 Å². The quantitative estimate of drug-likeness (QED) is 0.638. The molecule has 0 bridgehead atoms. The molecule has 0 fully saturated rings. The van der Waals surface area contributed by atoms with Gasteiger partial charge in [0.1, 0.15) is 0 Å². The Morgan fingerprint density at radius 1 is 1.50 bits per heavy atom. The van der Waals surface area contributed by atoms with Gasteiger partial charge in [0.15, 0.2) is 5.78 Å². The van der Waals surface area contributed by atoms with E-state index in [0.717, 1.165) is 12.8 Å². The number of rotatable bonds is 4. The van der Waals surface area contributed by atoms with Crippen molar-refractivity contribution in [1.29, 1.82) is 0 Å². The monoisotopic (exact) mass is 164 g/mol. The van der Waals surface area contributed by atoms with Gasteiger partial charge in [0, 0.05) is 12.0 Å². The lowest BCUT2D eigenvalue weighted by atomic mass is 10.1. The number of ketones is 1. The van der Waals surface area contributed by atoms with Crippen LogP contribution in [0.4, 0.5) is 0 Å². The van der Waals surface area contributed by atoms with Gasteiger partial charge in [-0.15, -0.1) is 0 Å². The second-order valence-electron chi connectivity index (χ2n) is 2.66. The maximum absolute atomic E-state index is 11.3. The lowest BCUT2D eigenvalue weighted by molar-refractivity contribution is 0.0979. The number of Topliss-reactive ketones (excluding diaryl/α,β-unsaturated/α-hetero) is 1. The van der Waals surface area contributed by atoms with Gasteiger partial charge in [0.2, 0.25) is 0 Å². The Hall–Kier alpha value is -1.25. The van der Waals surface area contributed by atoms with Gasteiger partial charge in [-0.1, -0.05) is 13.3 Å². The van der Waals surface area contributed by atoms with E-state index in [-0.39, 0.29) is 5.78 Å². The predicted molar refractivity (Wildman–Crippen MR) is 45.9 cm³/mol. The summed E-state index contributed by atoms with van der Waals surface area (Å²) in [7, 11) is 0. The van der Waals surface area contributed by atoms with Crippen LogP contribution in [0, 0.1) is 0 Å². The standard InChI is InChI=1S/C9H12N2O/c1-2-3-4-9(12)8-5-6-10-11-7-8/h5-7H,2-4H2,1H3. The molecule has 1 aromatic rings. The van der Waals surface area contributed by atoms with E-state index in [9.17, 15) is 4.79 Å². The van der Waals surface area contributed by atoms with E-state index in [1.807, 2.05) is 0 Å². The van der Waals surface area contributed by atoms with Crippen molar-refractivity contribution in [3.63, 3.8) is 0 Å². The molecule has 0 amide bonds. The van der Waals surface area contributed by atoms with Crippen molar-refractivity contribution in [2.24, 2.45) is 0 Å². The van der Waals surface area contributed by atoms with E-state index in [2.05, 4.69) is 17.1 Å². The van der Waals surface area contributed by atoms with Crippen LogP contribution in [0.25, 0.3) is 0 Å². The maximum Gasteiger partial charge on any atom is 0.164 e. The summed E-state index contributed by atoms with van der Waals surface area (Å²) in [4.78, 5) is 11.3. The molecule has 1 aromatic heterocycles. The first-order chi connectivity index (χ1) is 5.84. The van der Waals surface area contributed by atoms with Crippen molar-refractivity contribution < 1.29 is 4.79 Å². The molecule has 0 aliphatic heterocycles. The van der Waals surface area contributed by atoms with Crippen molar-refractivity contribution in [3.8, 4) is 0 Å². The molecule has 0 radical (unpaired) electrons. The third-order valence-electron chi connectivity index (χ3n) is 1.66. The minimum Gasteiger partial charge on any atom is -0.294 e. The zero-order valence-electron chi connectivity index (χ0n) is 7.16. The molecule has 0 saturated carbocycles. The van der Waals surface area contributed by atoms with Crippen LogP contribution >= 0.6 is 0 Å². The molecule has 64 valence electrons. The molecule has 1 heterocycles. The second-order valence-corrected chi connectivity index (χ2v) is 2.66. The average Bonchev–Trinajstić information content (AvgIpc) is 2.15. The molecule has 3 nitrogen and oxygen atoms in total. The summed E-state index contributed by atoms with van der Waals surface area (Å²) in [6, 6.07) is 1.70. The highest BCUT2D eigenvalue weighted by Gasteiger charge is 2.03. The predicted octanol–water partition coefficient (Wildman–Crippen LogP) is 1.85. The van der Waals surface area contributed by atoms with Gasteiger partial charge in [-0.25, -0.2) is 0 Å². The van der Waals surface area contributed by atoms with Gasteiger partial charge < -0.3 is 0 Å². The summed E-state index contributed by atoms with van der Waals surface area (Å²) < 4.78 is 0. The summed E-state index contributed by atoms with van der Waals surface area (Å²) >= 11 is 0. The number of hydrogen-bond donors (Lipinski definition) is 0. The number of carbonyl (C=O) groups excluding carboxylic acids is 1. The largest absolute Gasteiger partial charge is 0.294 e. The molecular weight excluding hydrogens is 152 g/mol. The first-order valence-electron chi connectivity index (χ1n) is 4.14. The Morgan fingerprint density at radius 3 is 2.92 bits per heavy atom. The van der Waals surface area contributed by atoms with Crippen LogP contribution < -0.4 is 0 Å². The fourth-order valence-corrected chi connectivity index (χ4v) is 0.937. The van der Waals surface area contributed by atoms with Crippen LogP contribution in [0.1, 0.15) is 36.5 Å². The van der Waals surface area contributed by atoms with Crippen LogP contribution in [-0.4, -0.2) is 16.0 Å². The smallest absolute Gasteiger partial charge is 0.164 e. The number of nitrogens with zero attached hydrogens (tertiary/aromatic N) is 2. The first-order valence-corrected chi connectivity index (χ1v) is 4.14. The second kappa shape index (κ2) is 4.59. The van der Waals surface area contributed by atoms with Gasteiger partial charge >= 0.3 is 0 Å². The summed E-state index contributed by atoms with van der Waals surface area (Å²) in [5.41, 5.74) is 0.665. The number of hydrogen-bond acceptors (Lipinski definition) is 3. The lowest BCUT2D eigenvalue weighted by Gasteiger charge is -1.96. The van der Waals surface area contributed by atoms with Gasteiger partial charge in [0.25, 0.3) is 0 Å². The Labute approximate surface area is 71.8 Å². The molecule has 0 aromatic carbocycles. The number of carbonyl (C=O) groups is 1. The zero-order chi connectivity index (χ0) is 8.81. The molecule has 1 rings (SSSR count). The van der Waals surface area contributed by atoms with Crippen molar-refractivity contribution in [2.75, 3.05) is 0 Å². The van der Waals surface area contributed by atoms with Crippen molar-refractivity contribution >= 4 is 5.78 Å². The van der Waals surface area contributed by atoms with E-state index in [0.29, 0.717) is 12.0 Å². The molecule has 3 heteroatoms. The van der Waals surface area contributed by atoms with Crippen LogP contribution in [0.15, 0.2) is 18.5 Å². The highest BCUT2D eigenvalue weighted by molar-refractivity contribution is 5.95. The Morgan fingerprint density at radius 2 is 2.33 bits per heavy atom. The van der Waals surface area contributed by atoms with E-state index >= 15 is 0 Å². The molecule has 0 spiro atoms. The summed E-state index contributed by atoms with van der Waals surface area (Å²) in [5, 5.41) is 7.25. The molecule has 0 unspecified atom stereocenters. The summed E-state index contributed by atoms with van der Waals surface area (Å²) in [6.45, 7) is 2.07. The van der Waals surface area contributed by atoms with Gasteiger partial charge in [0.05, 0.1) is 12.4 Å². The van der Waals surface area contributed by atoms with Gasteiger partial charge in [-0.05, 0) is 12.5 Å². The molecule has 0 N–H and O–H groups in total. The van der Waals surface area contributed by atoms with Gasteiger partial charge in [-0.2, -0.15) is 10.2 Å². The molecule has 12 heavy (non-hydrogen) atoms. The highest BCUT2D eigenvalue weighted by atomic mass is 16.1. The summed E-state index contributed by atoms with van der Waals surface area (Å²) in [6.07, 6.45) is 5.66. The molecule has 0 aliphatic carbocycles. The Kier molecular flexibility index (Phi) is 3.38. The fourth-order valence-electron chi connectivity index (χ4n) is 0.937. The van der Waals surface area contributed by atoms with E-state index in [1.54, 1.807) is 12.3 Å². The number of unbranched alkanes of at least 4 members (excludes halogenated alkanes) is 1. The van der Waals surface area contributed by atoms with E-state index < -0.39 is 0 Å². The van der Waals surface area contributed by atoms with Crippen LogP contribution in [0.5, 0.6) is 0 Å². The minimum absolute atomic E-state index is 0.159. The van der Waals surface area contributed by atoms with Crippen molar-refractivity contribution in [3.05, 3.63) is 24.0 Å². The topological polar surface area (TPSA) is 42.9 Å². The van der Waals surface area contributed by atoms with Crippen molar-refractivity contribution in [2.45, 2.75) is 26.2 Å². The minimum atomic E-state index is 0.159. The molecule has 0 saturated heterocycles. The SMILES string of the molecule is CCCCC(=O)c1ccnnc1.